The van der Waals surface area contributed by atoms with E-state index in [2.05, 4.69) is 15.6 Å². The molecule has 1 aromatic carbocycles. The van der Waals surface area contributed by atoms with Gasteiger partial charge in [0.05, 0.1) is 41.8 Å². The summed E-state index contributed by atoms with van der Waals surface area (Å²) < 4.78 is 44.4. The minimum absolute atomic E-state index is 0.0471. The number of alkyl halides is 3. The number of benzene rings is 1. The van der Waals surface area contributed by atoms with E-state index in [-0.39, 0.29) is 18.1 Å². The Balaban J connectivity index is 1.49. The molecule has 0 bridgehead atoms. The number of nitrogens with zero attached hydrogens (tertiary/aromatic N) is 3. The largest absolute Gasteiger partial charge is 0.453 e. The molecule has 10 nitrogen and oxygen atoms in total. The third-order valence-corrected chi connectivity index (χ3v) is 7.60. The topological polar surface area (TPSA) is 127 Å². The molecular weight excluding hydrogens is 459 g/mol. The van der Waals surface area contributed by atoms with E-state index in [9.17, 15) is 33.1 Å². The molecule has 0 aromatic heterocycles. The number of piperidine rings is 1. The number of esters is 1. The molecule has 34 heavy (non-hydrogen) atoms. The monoisotopic (exact) mass is 483 g/mol. The maximum atomic E-state index is 13.0. The van der Waals surface area contributed by atoms with Gasteiger partial charge in [-0.15, -0.1) is 0 Å². The first-order chi connectivity index (χ1) is 15.9. The van der Waals surface area contributed by atoms with E-state index in [1.807, 2.05) is 0 Å². The Morgan fingerprint density at radius 1 is 1.29 bits per heavy atom. The number of ether oxygens (including phenoxy) is 1. The second-order valence-corrected chi connectivity index (χ2v) is 9.25. The zero-order valence-corrected chi connectivity index (χ0v) is 18.4. The molecule has 13 heteroatoms. The fourth-order valence-electron chi connectivity index (χ4n) is 5.90. The Morgan fingerprint density at radius 3 is 2.56 bits per heavy atom. The van der Waals surface area contributed by atoms with Crippen LogP contribution in [0, 0.1) is 5.41 Å². The molecule has 1 aliphatic carbocycles. The number of hydroxylamine groups is 2. The second-order valence-electron chi connectivity index (χ2n) is 9.25. The zero-order valence-electron chi connectivity index (χ0n) is 18.4. The van der Waals surface area contributed by atoms with Crippen molar-refractivity contribution in [2.24, 2.45) is 10.4 Å². The summed E-state index contributed by atoms with van der Waals surface area (Å²) in [6.45, 7) is 3.44. The molecule has 4 fully saturated rings. The third kappa shape index (κ3) is 2.67. The smallest absolute Gasteiger partial charge is 0.416 e. The van der Waals surface area contributed by atoms with Crippen molar-refractivity contribution in [3.05, 3.63) is 35.4 Å². The van der Waals surface area contributed by atoms with Gasteiger partial charge in [-0.05, 0) is 31.2 Å². The van der Waals surface area contributed by atoms with Crippen molar-refractivity contribution >= 4 is 18.0 Å². The number of hydrogen-bond donors (Lipinski definition) is 4. The van der Waals surface area contributed by atoms with Gasteiger partial charge in [0.2, 0.25) is 5.96 Å². The van der Waals surface area contributed by atoms with Crippen molar-refractivity contribution in [2.45, 2.75) is 49.8 Å². The van der Waals surface area contributed by atoms with E-state index in [1.165, 1.54) is 4.90 Å². The molecule has 3 aliphatic heterocycles. The predicted octanol–water partition coefficient (Wildman–Crippen LogP) is 1.15. The number of rotatable bonds is 4. The molecule has 5 atom stereocenters. The molecule has 1 spiro atoms. The molecule has 3 saturated heterocycles. The van der Waals surface area contributed by atoms with Gasteiger partial charge < -0.3 is 20.5 Å². The Labute approximate surface area is 192 Å². The van der Waals surface area contributed by atoms with Gasteiger partial charge in [0.25, 0.3) is 0 Å². The quantitative estimate of drug-likeness (QED) is 0.473. The average Bonchev–Trinajstić information content (AvgIpc) is 3.15. The predicted molar refractivity (Wildman–Crippen MR) is 110 cm³/mol. The first-order valence-electron chi connectivity index (χ1n) is 10.8. The fraction of sp³-hybridized carbons (Fsp3) is 0.571. The number of aliphatic imine (C=N–C) groups is 1. The van der Waals surface area contributed by atoms with E-state index in [0.717, 1.165) is 29.3 Å². The van der Waals surface area contributed by atoms with Gasteiger partial charge in [0, 0.05) is 13.0 Å². The number of urea groups is 1. The summed E-state index contributed by atoms with van der Waals surface area (Å²) in [6, 6.07) is 1.72. The van der Waals surface area contributed by atoms with E-state index in [4.69, 9.17) is 4.74 Å². The highest BCUT2D eigenvalue weighted by atomic mass is 19.4. The average molecular weight is 483 g/mol. The van der Waals surface area contributed by atoms with Gasteiger partial charge in [0.1, 0.15) is 5.60 Å². The van der Waals surface area contributed by atoms with Gasteiger partial charge in [-0.3, -0.25) is 15.1 Å². The minimum atomic E-state index is -4.53. The molecule has 4 unspecified atom stereocenters. The molecule has 1 saturated carbocycles. The molecule has 4 aliphatic rings. The van der Waals surface area contributed by atoms with Gasteiger partial charge in [-0.2, -0.15) is 18.2 Å². The van der Waals surface area contributed by atoms with E-state index in [0.29, 0.717) is 13.0 Å². The molecule has 184 valence electrons. The molecule has 0 radical (unpaired) electrons. The van der Waals surface area contributed by atoms with E-state index >= 15 is 0 Å². The minimum Gasteiger partial charge on any atom is -0.453 e. The number of aliphatic hydroxyl groups excluding tert-OH is 1. The fourth-order valence-corrected chi connectivity index (χ4v) is 5.90. The Bertz CT molecular complexity index is 1080. The number of fused-ring (bicyclic) bond motifs is 1. The molecule has 1 aromatic rings. The lowest BCUT2D eigenvalue weighted by Crippen LogP contribution is -2.77. The summed E-state index contributed by atoms with van der Waals surface area (Å²) in [5.74, 6) is -0.701. The number of nitrogens with one attached hydrogen (secondary N) is 2. The SMILES string of the molecule is CCN=C1NC2C(CO)NC(=O)N3CC4(OC(=O)c5ccc(C(F)(F)F)cc5)C[C@]4(C)C23N1O. The second kappa shape index (κ2) is 6.98. The lowest BCUT2D eigenvalue weighted by Gasteiger charge is -2.51. The van der Waals surface area contributed by atoms with Gasteiger partial charge in [0.15, 0.2) is 5.66 Å². The summed E-state index contributed by atoms with van der Waals surface area (Å²) in [5, 5.41) is 27.8. The molecular formula is C21H24F3N5O5. The van der Waals surface area contributed by atoms with Crippen LogP contribution in [0.1, 0.15) is 36.2 Å². The normalized spacial score (nSPS) is 37.0. The lowest BCUT2D eigenvalue weighted by molar-refractivity contribution is -0.185. The summed E-state index contributed by atoms with van der Waals surface area (Å²) in [7, 11) is 0. The van der Waals surface area contributed by atoms with Crippen molar-refractivity contribution in [3.8, 4) is 0 Å². The van der Waals surface area contributed by atoms with Crippen molar-refractivity contribution in [3.63, 3.8) is 0 Å². The lowest BCUT2D eigenvalue weighted by atomic mass is 9.79. The highest BCUT2D eigenvalue weighted by Gasteiger charge is 2.90. The van der Waals surface area contributed by atoms with Crippen LogP contribution in [-0.2, 0) is 10.9 Å². The van der Waals surface area contributed by atoms with E-state index < -0.39 is 59.1 Å². The summed E-state index contributed by atoms with van der Waals surface area (Å²) in [5.41, 5.74) is -4.48. The van der Waals surface area contributed by atoms with E-state index in [1.54, 1.807) is 13.8 Å². The number of carbonyl (C=O) groups excluding carboxylic acids is 2. The van der Waals surface area contributed by atoms with Crippen LogP contribution in [-0.4, -0.2) is 81.3 Å². The van der Waals surface area contributed by atoms with Crippen LogP contribution in [0.25, 0.3) is 0 Å². The highest BCUT2D eigenvalue weighted by Crippen LogP contribution is 2.73. The number of hydrogen-bond acceptors (Lipinski definition) is 6. The number of amides is 2. The van der Waals surface area contributed by atoms with Crippen LogP contribution in [0.15, 0.2) is 29.3 Å². The summed E-state index contributed by atoms with van der Waals surface area (Å²) >= 11 is 0. The third-order valence-electron chi connectivity index (χ3n) is 7.60. The highest BCUT2D eigenvalue weighted by molar-refractivity contribution is 5.91. The van der Waals surface area contributed by atoms with Crippen molar-refractivity contribution < 1.29 is 37.8 Å². The van der Waals surface area contributed by atoms with Crippen molar-refractivity contribution in [2.75, 3.05) is 19.7 Å². The van der Waals surface area contributed by atoms with Crippen LogP contribution in [0.2, 0.25) is 0 Å². The van der Waals surface area contributed by atoms with Gasteiger partial charge in [-0.1, -0.05) is 6.92 Å². The Kier molecular flexibility index (Phi) is 4.66. The van der Waals surface area contributed by atoms with Gasteiger partial charge >= 0.3 is 18.2 Å². The van der Waals surface area contributed by atoms with Crippen LogP contribution in [0.3, 0.4) is 0 Å². The number of guanidine groups is 1. The number of aliphatic hydroxyl groups is 1. The van der Waals surface area contributed by atoms with Crippen LogP contribution < -0.4 is 10.6 Å². The molecule has 5 rings (SSSR count). The standard InChI is InChI=1S/C21H24F3N5O5/c1-3-25-16-27-14-13(8-30)26-17(32)28-10-19(9-18(19,2)20(14,28)29(16)33)34-15(31)11-4-6-12(7-5-11)21(22,23)24/h4-7,13-14,30,33H,3,8-10H2,1-2H3,(H,25,27)(H,26,32)/t13?,14?,18-,19?,20?/m0/s1. The molecule has 3 heterocycles. The Hall–Kier alpha value is -3.06. The molecule has 4 N–H and O–H groups in total. The van der Waals surface area contributed by atoms with Crippen molar-refractivity contribution in [1.82, 2.24) is 20.6 Å². The van der Waals surface area contributed by atoms with Gasteiger partial charge in [-0.25, -0.2) is 9.59 Å². The van der Waals surface area contributed by atoms with Crippen molar-refractivity contribution in [1.29, 1.82) is 0 Å². The summed E-state index contributed by atoms with van der Waals surface area (Å²) in [4.78, 5) is 31.5. The van der Waals surface area contributed by atoms with Crippen LogP contribution in [0.5, 0.6) is 0 Å². The first kappa shape index (κ1) is 22.7. The summed E-state index contributed by atoms with van der Waals surface area (Å²) in [6.07, 6.45) is -4.24. The number of halogens is 3. The number of carbonyl (C=O) groups is 2. The first-order valence-corrected chi connectivity index (χ1v) is 10.8. The maximum absolute atomic E-state index is 13.0. The molecule has 2 amide bonds. The Morgan fingerprint density at radius 2 is 1.97 bits per heavy atom. The maximum Gasteiger partial charge on any atom is 0.416 e. The van der Waals surface area contributed by atoms with Crippen LogP contribution in [0.4, 0.5) is 18.0 Å². The van der Waals surface area contributed by atoms with Crippen LogP contribution >= 0.6 is 0 Å². The zero-order chi connectivity index (χ0) is 24.7.